The molecule has 34 N–H and O–H groups in total. The summed E-state index contributed by atoms with van der Waals surface area (Å²) < 4.78 is 0. The first-order valence-corrected chi connectivity index (χ1v) is 43.3. The highest BCUT2D eigenvalue weighted by Crippen LogP contribution is 2.30. The fourth-order valence-electron chi connectivity index (χ4n) is 15.1. The highest BCUT2D eigenvalue weighted by molar-refractivity contribution is 6.02. The Morgan fingerprint density at radius 1 is 0.496 bits per heavy atom. The van der Waals surface area contributed by atoms with Gasteiger partial charge in [-0.05, 0) is 129 Å². The van der Waals surface area contributed by atoms with Crippen LogP contribution in [0.25, 0.3) is 0 Å². The molecule has 127 heavy (non-hydrogen) atoms. The lowest BCUT2D eigenvalue weighted by Crippen LogP contribution is -2.65. The van der Waals surface area contributed by atoms with E-state index >= 15 is 4.79 Å². The zero-order valence-corrected chi connectivity index (χ0v) is 74.1. The molecule has 47 nitrogen and oxygen atoms in total. The number of hydrogen-bond donors (Lipinski definition) is 25. The van der Waals surface area contributed by atoms with Gasteiger partial charge in [-0.25, -0.2) is 4.98 Å². The molecule has 1 aliphatic heterocycles. The molecule has 0 bridgehead atoms. The molecule has 2 aliphatic carbocycles. The van der Waals surface area contributed by atoms with E-state index in [1.807, 2.05) is 0 Å². The number of aromatic amines is 1. The molecule has 2 saturated carbocycles. The number of aliphatic hydroxyl groups is 2. The summed E-state index contributed by atoms with van der Waals surface area (Å²) in [4.78, 5) is 258. The van der Waals surface area contributed by atoms with Gasteiger partial charge in [-0.1, -0.05) is 85.0 Å². The topological polar surface area (TPSA) is 790 Å². The second kappa shape index (κ2) is 53.4. The van der Waals surface area contributed by atoms with Crippen molar-refractivity contribution in [3.8, 4) is 0 Å². The van der Waals surface area contributed by atoms with Gasteiger partial charge in [-0.2, -0.15) is 0 Å². The van der Waals surface area contributed by atoms with E-state index in [0.717, 1.165) is 65.2 Å². The number of primary amides is 3. The molecule has 2 heterocycles. The molecule has 47 heteroatoms. The van der Waals surface area contributed by atoms with Crippen LogP contribution in [0, 0.1) is 17.8 Å². The number of imidazole rings is 1. The van der Waals surface area contributed by atoms with Crippen LogP contribution in [0.4, 0.5) is 0 Å². The molecule has 0 radical (unpaired) electrons. The average molecular weight is 1800 g/mol. The van der Waals surface area contributed by atoms with E-state index in [0.29, 0.717) is 25.0 Å². The van der Waals surface area contributed by atoms with E-state index in [1.54, 1.807) is 13.8 Å². The normalized spacial score (nSPS) is 17.5. The summed E-state index contributed by atoms with van der Waals surface area (Å²) in [7, 11) is 0. The van der Waals surface area contributed by atoms with Crippen LogP contribution in [0.3, 0.4) is 0 Å². The number of nitrogens with two attached hydrogens (primary N) is 9. The summed E-state index contributed by atoms with van der Waals surface area (Å²) in [5.41, 5.74) is 46.6. The number of hydrogen-bond acceptors (Lipinski definition) is 23. The van der Waals surface area contributed by atoms with E-state index in [2.05, 4.69) is 94.1 Å². The minimum absolute atomic E-state index is 0.00601. The number of likely N-dealkylation sites (tertiary alicyclic amines) is 1. The number of nitrogens with one attached hydrogen (secondary N) is 14. The zero-order valence-electron chi connectivity index (χ0n) is 74.1. The molecule has 1 saturated heterocycles. The highest BCUT2D eigenvalue weighted by Gasteiger charge is 2.45. The third-order valence-corrected chi connectivity index (χ3v) is 22.3. The summed E-state index contributed by atoms with van der Waals surface area (Å²) in [6, 6.07) is -18.0. The van der Waals surface area contributed by atoms with Gasteiger partial charge in [-0.3, -0.25) is 96.5 Å². The first-order valence-electron chi connectivity index (χ1n) is 43.3. The van der Waals surface area contributed by atoms with E-state index in [4.69, 9.17) is 51.6 Å². The Bertz CT molecular complexity index is 3990. The van der Waals surface area contributed by atoms with E-state index < -0.39 is 222 Å². The van der Waals surface area contributed by atoms with Gasteiger partial charge in [0.25, 0.3) is 0 Å². The van der Waals surface area contributed by atoms with Crippen LogP contribution in [0.5, 0.6) is 0 Å². The third kappa shape index (κ3) is 38.0. The van der Waals surface area contributed by atoms with Crippen LogP contribution >= 0.6 is 0 Å². The fraction of sp³-hybridized carbons (Fsp3) is 0.713. The van der Waals surface area contributed by atoms with Crippen molar-refractivity contribution in [3.63, 3.8) is 0 Å². The van der Waals surface area contributed by atoms with Crippen molar-refractivity contribution >= 4 is 118 Å². The van der Waals surface area contributed by atoms with Gasteiger partial charge in [-0.15, -0.1) is 0 Å². The smallest absolute Gasteiger partial charge is 0.248 e. The summed E-state index contributed by atoms with van der Waals surface area (Å²) in [6.07, 6.45) is 7.29. The Labute approximate surface area is 738 Å². The molecule has 1 aromatic heterocycles. The number of amides is 17. The van der Waals surface area contributed by atoms with E-state index in [9.17, 15) is 86.9 Å². The van der Waals surface area contributed by atoms with Crippen molar-refractivity contribution in [2.24, 2.45) is 84.3 Å². The van der Waals surface area contributed by atoms with Gasteiger partial charge in [0.2, 0.25) is 100 Å². The Morgan fingerprint density at radius 2 is 0.945 bits per heavy atom. The van der Waals surface area contributed by atoms with Crippen molar-refractivity contribution in [3.05, 3.63) is 18.2 Å². The number of H-pyrrole nitrogens is 1. The molecule has 17 amide bonds. The molecular weight excluding hydrogens is 1660 g/mol. The lowest BCUT2D eigenvalue weighted by atomic mass is 9.84. The van der Waals surface area contributed by atoms with Crippen molar-refractivity contribution in [2.75, 3.05) is 32.8 Å². The van der Waals surface area contributed by atoms with Crippen molar-refractivity contribution < 1.29 is 91.7 Å². The van der Waals surface area contributed by atoms with Crippen LogP contribution in [-0.4, -0.2) is 266 Å². The SMILES string of the molecule is CC[C@@](C)(NC(=O)[C@H](CC1CCCCC1)NC(=O)[C@H](Cc1cnc[nH]1)NC(=O)[C@H](CCCN=C(N)N)NC(=O)[C@H]1CCCN1C(=O)[C@H](CO)NC(C)=O)C(=O)N[C@@H](CC(N)=O)C(=O)N[C@@H](CC(C)C)C(=O)NC(C)(C)C(=O)N[C@H](C(=O)N[C@@H](CCCN=C(N)N)C(=O)N[C@@H](CCC(N)=O)C(=O)N[C@@H](CCCN=C(N)N)C(=O)N[C@@H](CC1CCCCC1)C(N)=O)[C@@H](C)O. The lowest BCUT2D eigenvalue weighted by molar-refractivity contribution is -0.143. The average Bonchev–Trinajstić information content (AvgIpc) is 1.76. The number of carbonyl (C=O) groups is 17. The number of nitrogens with zero attached hydrogens (tertiary/aromatic N) is 5. The van der Waals surface area contributed by atoms with E-state index in [-0.39, 0.29) is 133 Å². The van der Waals surface area contributed by atoms with Crippen LogP contribution in [-0.2, 0) is 87.9 Å². The monoisotopic (exact) mass is 1800 g/mol. The standard InChI is InChI=1S/C80H138N28O19/c1-9-80(8,107-70(122)54(36-46-22-14-11-15-23-46)102-67(119)55(37-47-39-90-41-94-47)103-65(117)49(25-17-31-92-77(86)87)98-71(123)58-27-19-33-108(58)73(125)57(40-109)95-44(5)111)75(127)104-56(38-60(82)113)68(120)101-53(34-42(2)3)69(121)106-79(6,7)74(126)105-61(43(4)110)72(124)99-50(26-18-32-93-78(88)89)63(115)97-51(28-29-59(81)112)66(118)96-48(24-16-30-91-76(84)85)64(116)100-52(62(83)114)35-45-20-12-10-13-21-45/h39,41-43,45-46,48-58,61,109-110H,9-38,40H2,1-8H3,(H2,81,112)(H2,82,113)(H2,83,114)(H,90,94)(H,95,111)(H,96,118)(H,97,115)(H,98,123)(H,99,124)(H,100,116)(H,101,120)(H,102,119)(H,103,117)(H,104,127)(H,105,126)(H,106,121)(H,107,122)(H4,84,85,91)(H4,86,87,92)(H4,88,89,93)/t43-,48+,49+,50+,51+,52+,53+,54+,55+,56+,57+,58-,61+,80-/m1/s1. The number of guanidine groups is 3. The van der Waals surface area contributed by atoms with Crippen LogP contribution in [0.1, 0.15) is 222 Å². The second-order valence-corrected chi connectivity index (χ2v) is 33.9. The predicted octanol–water partition coefficient (Wildman–Crippen LogP) is -7.38. The van der Waals surface area contributed by atoms with Crippen LogP contribution in [0.15, 0.2) is 27.5 Å². The maximum Gasteiger partial charge on any atom is 0.248 e. The summed E-state index contributed by atoms with van der Waals surface area (Å²) >= 11 is 0. The molecule has 3 aliphatic rings. The van der Waals surface area contributed by atoms with Crippen LogP contribution in [0.2, 0.25) is 0 Å². The molecule has 0 aromatic carbocycles. The molecular formula is C80H138N28O19. The summed E-state index contributed by atoms with van der Waals surface area (Å²) in [5.74, 6) is -17.3. The van der Waals surface area contributed by atoms with Gasteiger partial charge in [0, 0.05) is 57.8 Å². The predicted molar refractivity (Wildman–Crippen MR) is 465 cm³/mol. The first kappa shape index (κ1) is 107. The van der Waals surface area contributed by atoms with Gasteiger partial charge in [0.1, 0.15) is 83.6 Å². The molecule has 0 spiro atoms. The number of aromatic nitrogens is 2. The van der Waals surface area contributed by atoms with Crippen LogP contribution < -0.4 is 121 Å². The fourth-order valence-corrected chi connectivity index (χ4v) is 15.1. The summed E-state index contributed by atoms with van der Waals surface area (Å²) in [5, 5.41) is 54.6. The molecule has 712 valence electrons. The molecule has 3 fully saturated rings. The number of aliphatic hydroxyl groups excluding tert-OH is 2. The number of carbonyl (C=O) groups excluding carboxylic acids is 17. The number of aliphatic imine (C=N–C) groups is 3. The highest BCUT2D eigenvalue weighted by atomic mass is 16.3. The quantitative estimate of drug-likeness (QED) is 0.0164. The maximum absolute atomic E-state index is 15.0. The molecule has 0 unspecified atom stereocenters. The minimum Gasteiger partial charge on any atom is -0.394 e. The van der Waals surface area contributed by atoms with Gasteiger partial charge in [0.05, 0.1) is 25.5 Å². The second-order valence-electron chi connectivity index (χ2n) is 33.9. The first-order chi connectivity index (χ1) is 59.8. The Balaban J connectivity index is 1.59. The summed E-state index contributed by atoms with van der Waals surface area (Å²) in [6.45, 7) is 10.1. The Morgan fingerprint density at radius 3 is 1.39 bits per heavy atom. The Kier molecular flexibility index (Phi) is 45.1. The third-order valence-electron chi connectivity index (χ3n) is 22.3. The zero-order chi connectivity index (χ0) is 95.0. The van der Waals surface area contributed by atoms with E-state index in [1.165, 1.54) is 45.1 Å². The van der Waals surface area contributed by atoms with Crippen molar-refractivity contribution in [1.29, 1.82) is 0 Å². The van der Waals surface area contributed by atoms with Gasteiger partial charge < -0.3 is 141 Å². The Hall–Kier alpha value is -12.1. The van der Waals surface area contributed by atoms with Crippen molar-refractivity contribution in [2.45, 2.75) is 312 Å². The largest absolute Gasteiger partial charge is 0.394 e. The van der Waals surface area contributed by atoms with Gasteiger partial charge in [0.15, 0.2) is 17.9 Å². The lowest BCUT2D eigenvalue weighted by Gasteiger charge is -2.34. The molecule has 4 rings (SSSR count). The van der Waals surface area contributed by atoms with Gasteiger partial charge >= 0.3 is 0 Å². The van der Waals surface area contributed by atoms with Crippen molar-refractivity contribution in [1.82, 2.24) is 84.0 Å². The maximum atomic E-state index is 15.0. The molecule has 1 aromatic rings. The molecule has 14 atom stereocenters. The number of rotatable bonds is 55. The minimum atomic E-state index is -2.05.